The molecule has 4 nitrogen and oxygen atoms in total. The molecule has 1 N–H and O–H groups in total. The SMILES string of the molecule is CCOC(=O)COCC1CC2CCC(C1)N2. The van der Waals surface area contributed by atoms with Crippen molar-refractivity contribution in [3.8, 4) is 0 Å². The van der Waals surface area contributed by atoms with Crippen molar-refractivity contribution in [2.75, 3.05) is 19.8 Å². The van der Waals surface area contributed by atoms with Gasteiger partial charge in [-0.2, -0.15) is 0 Å². The molecule has 2 rings (SSSR count). The highest BCUT2D eigenvalue weighted by Crippen LogP contribution is 2.30. The number of hydrogen-bond acceptors (Lipinski definition) is 4. The van der Waals surface area contributed by atoms with E-state index in [4.69, 9.17) is 9.47 Å². The van der Waals surface area contributed by atoms with E-state index < -0.39 is 0 Å². The minimum Gasteiger partial charge on any atom is -0.464 e. The second kappa shape index (κ2) is 5.64. The van der Waals surface area contributed by atoms with Gasteiger partial charge in [-0.15, -0.1) is 0 Å². The first kappa shape index (κ1) is 11.9. The Labute approximate surface area is 96.7 Å². The van der Waals surface area contributed by atoms with Crippen LogP contribution in [-0.2, 0) is 14.3 Å². The summed E-state index contributed by atoms with van der Waals surface area (Å²) in [6, 6.07) is 1.38. The van der Waals surface area contributed by atoms with Gasteiger partial charge in [0.15, 0.2) is 0 Å². The van der Waals surface area contributed by atoms with Gasteiger partial charge in [-0.3, -0.25) is 0 Å². The van der Waals surface area contributed by atoms with Crippen LogP contribution in [0.1, 0.15) is 32.6 Å². The fourth-order valence-corrected chi connectivity index (χ4v) is 2.82. The van der Waals surface area contributed by atoms with Crippen molar-refractivity contribution >= 4 is 5.97 Å². The molecule has 4 heteroatoms. The van der Waals surface area contributed by atoms with Gasteiger partial charge < -0.3 is 14.8 Å². The summed E-state index contributed by atoms with van der Waals surface area (Å²) >= 11 is 0. The average Bonchev–Trinajstić information content (AvgIpc) is 2.59. The Kier molecular flexibility index (Phi) is 4.18. The van der Waals surface area contributed by atoms with E-state index in [1.807, 2.05) is 6.92 Å². The predicted molar refractivity (Wildman–Crippen MR) is 60.1 cm³/mol. The molecule has 0 aliphatic carbocycles. The summed E-state index contributed by atoms with van der Waals surface area (Å²) in [5.41, 5.74) is 0. The maximum Gasteiger partial charge on any atom is 0.332 e. The van der Waals surface area contributed by atoms with Crippen LogP contribution in [0.15, 0.2) is 0 Å². The number of fused-ring (bicyclic) bond motifs is 2. The van der Waals surface area contributed by atoms with Crippen molar-refractivity contribution in [2.24, 2.45) is 5.92 Å². The topological polar surface area (TPSA) is 47.6 Å². The monoisotopic (exact) mass is 227 g/mol. The molecule has 0 radical (unpaired) electrons. The Morgan fingerprint density at radius 3 is 2.62 bits per heavy atom. The van der Waals surface area contributed by atoms with E-state index in [-0.39, 0.29) is 12.6 Å². The number of piperidine rings is 1. The van der Waals surface area contributed by atoms with E-state index in [2.05, 4.69) is 5.32 Å². The Morgan fingerprint density at radius 1 is 1.31 bits per heavy atom. The Bertz CT molecular complexity index is 232. The van der Waals surface area contributed by atoms with Gasteiger partial charge in [0.25, 0.3) is 0 Å². The zero-order valence-corrected chi connectivity index (χ0v) is 9.91. The molecule has 2 aliphatic rings. The van der Waals surface area contributed by atoms with Crippen molar-refractivity contribution in [3.63, 3.8) is 0 Å². The molecular weight excluding hydrogens is 206 g/mol. The Hall–Kier alpha value is -0.610. The van der Waals surface area contributed by atoms with Gasteiger partial charge in [-0.1, -0.05) is 0 Å². The van der Waals surface area contributed by atoms with Crippen LogP contribution in [0.3, 0.4) is 0 Å². The van der Waals surface area contributed by atoms with Crippen molar-refractivity contribution < 1.29 is 14.3 Å². The molecular formula is C12H21NO3. The van der Waals surface area contributed by atoms with Crippen molar-refractivity contribution in [1.82, 2.24) is 5.32 Å². The van der Waals surface area contributed by atoms with Crippen LogP contribution in [0, 0.1) is 5.92 Å². The minimum atomic E-state index is -0.251. The van der Waals surface area contributed by atoms with Gasteiger partial charge >= 0.3 is 5.97 Å². The highest BCUT2D eigenvalue weighted by Gasteiger charge is 2.33. The van der Waals surface area contributed by atoms with Crippen molar-refractivity contribution in [1.29, 1.82) is 0 Å². The van der Waals surface area contributed by atoms with Crippen LogP contribution in [0.4, 0.5) is 0 Å². The third kappa shape index (κ3) is 3.19. The predicted octanol–water partition coefficient (Wildman–Crippen LogP) is 1.10. The summed E-state index contributed by atoms with van der Waals surface area (Å²) in [6.07, 6.45) is 5.00. The largest absolute Gasteiger partial charge is 0.464 e. The maximum absolute atomic E-state index is 11.1. The molecule has 2 atom stereocenters. The quantitative estimate of drug-likeness (QED) is 0.714. The molecule has 0 aromatic carbocycles. The lowest BCUT2D eigenvalue weighted by Gasteiger charge is -2.28. The van der Waals surface area contributed by atoms with E-state index in [9.17, 15) is 4.79 Å². The van der Waals surface area contributed by atoms with E-state index in [1.54, 1.807) is 0 Å². The van der Waals surface area contributed by atoms with Gasteiger partial charge in [0.2, 0.25) is 0 Å². The second-order valence-corrected chi connectivity index (χ2v) is 4.80. The highest BCUT2D eigenvalue weighted by atomic mass is 16.6. The number of rotatable bonds is 5. The Balaban J connectivity index is 1.61. The van der Waals surface area contributed by atoms with Crippen LogP contribution in [0.25, 0.3) is 0 Å². The molecule has 0 aromatic heterocycles. The minimum absolute atomic E-state index is 0.104. The van der Waals surface area contributed by atoms with Crippen LogP contribution in [0.2, 0.25) is 0 Å². The van der Waals surface area contributed by atoms with Gasteiger partial charge in [-0.05, 0) is 38.5 Å². The summed E-state index contributed by atoms with van der Waals surface area (Å²) in [6.45, 7) is 3.04. The first-order valence-corrected chi connectivity index (χ1v) is 6.27. The lowest BCUT2D eigenvalue weighted by molar-refractivity contribution is -0.149. The number of esters is 1. The molecule has 0 spiro atoms. The number of nitrogens with one attached hydrogen (secondary N) is 1. The molecule has 2 bridgehead atoms. The normalized spacial score (nSPS) is 32.7. The van der Waals surface area contributed by atoms with E-state index in [0.717, 1.165) is 0 Å². The van der Waals surface area contributed by atoms with E-state index >= 15 is 0 Å². The first-order valence-electron chi connectivity index (χ1n) is 6.27. The van der Waals surface area contributed by atoms with Crippen LogP contribution in [0.5, 0.6) is 0 Å². The van der Waals surface area contributed by atoms with Crippen LogP contribution in [-0.4, -0.2) is 37.9 Å². The summed E-state index contributed by atoms with van der Waals surface area (Å²) in [5.74, 6) is 0.368. The summed E-state index contributed by atoms with van der Waals surface area (Å²) < 4.78 is 10.2. The van der Waals surface area contributed by atoms with E-state index in [1.165, 1.54) is 25.7 Å². The summed E-state index contributed by atoms with van der Waals surface area (Å²) in [7, 11) is 0. The number of ether oxygens (including phenoxy) is 2. The third-order valence-corrected chi connectivity index (χ3v) is 3.45. The second-order valence-electron chi connectivity index (χ2n) is 4.80. The summed E-state index contributed by atoms with van der Waals surface area (Å²) in [5, 5.41) is 3.59. The van der Waals surface area contributed by atoms with Crippen molar-refractivity contribution in [2.45, 2.75) is 44.7 Å². The van der Waals surface area contributed by atoms with Crippen LogP contribution < -0.4 is 5.32 Å². The van der Waals surface area contributed by atoms with Gasteiger partial charge in [0, 0.05) is 12.1 Å². The van der Waals surface area contributed by atoms with Gasteiger partial charge in [0.05, 0.1) is 13.2 Å². The molecule has 16 heavy (non-hydrogen) atoms. The highest BCUT2D eigenvalue weighted by molar-refractivity contribution is 5.70. The molecule has 2 aliphatic heterocycles. The molecule has 2 saturated heterocycles. The molecule has 0 saturated carbocycles. The molecule has 92 valence electrons. The summed E-state index contributed by atoms with van der Waals surface area (Å²) in [4.78, 5) is 11.1. The fraction of sp³-hybridized carbons (Fsp3) is 0.917. The lowest BCUT2D eigenvalue weighted by Crippen LogP contribution is -2.39. The number of carbonyl (C=O) groups excluding carboxylic acids is 1. The average molecular weight is 227 g/mol. The molecule has 2 heterocycles. The Morgan fingerprint density at radius 2 is 2.00 bits per heavy atom. The lowest BCUT2D eigenvalue weighted by atomic mass is 9.93. The molecule has 0 amide bonds. The molecule has 2 unspecified atom stereocenters. The molecule has 0 aromatic rings. The van der Waals surface area contributed by atoms with E-state index in [0.29, 0.717) is 31.2 Å². The zero-order valence-electron chi connectivity index (χ0n) is 9.91. The zero-order chi connectivity index (χ0) is 11.4. The van der Waals surface area contributed by atoms with Gasteiger partial charge in [-0.25, -0.2) is 4.79 Å². The van der Waals surface area contributed by atoms with Gasteiger partial charge in [0.1, 0.15) is 6.61 Å². The third-order valence-electron chi connectivity index (χ3n) is 3.45. The smallest absolute Gasteiger partial charge is 0.332 e. The molecule has 2 fully saturated rings. The number of carbonyl (C=O) groups is 1. The number of hydrogen-bond donors (Lipinski definition) is 1. The van der Waals surface area contributed by atoms with Crippen molar-refractivity contribution in [3.05, 3.63) is 0 Å². The maximum atomic E-state index is 11.1. The van der Waals surface area contributed by atoms with Crippen LogP contribution >= 0.6 is 0 Å². The standard InChI is InChI=1S/C12H21NO3/c1-2-16-12(14)8-15-7-9-5-10-3-4-11(6-9)13-10/h9-11,13H,2-8H2,1H3. The first-order chi connectivity index (χ1) is 7.78. The fourth-order valence-electron chi connectivity index (χ4n) is 2.82.